The number of hydrogen-bond acceptors (Lipinski definition) is 2. The third kappa shape index (κ3) is 1.57. The Hall–Kier alpha value is -0.570. The molecule has 3 fully saturated rings. The van der Waals surface area contributed by atoms with E-state index >= 15 is 0 Å². The van der Waals surface area contributed by atoms with Crippen molar-refractivity contribution in [3.05, 3.63) is 0 Å². The van der Waals surface area contributed by atoms with Crippen molar-refractivity contribution in [1.29, 1.82) is 0 Å². The highest BCUT2D eigenvalue weighted by molar-refractivity contribution is 5.91. The van der Waals surface area contributed by atoms with Gasteiger partial charge in [0.2, 0.25) is 5.91 Å². The lowest BCUT2D eigenvalue weighted by molar-refractivity contribution is -0.131. The van der Waals surface area contributed by atoms with Gasteiger partial charge in [0, 0.05) is 6.04 Å². The van der Waals surface area contributed by atoms with E-state index in [-0.39, 0.29) is 5.54 Å². The van der Waals surface area contributed by atoms with Crippen LogP contribution in [-0.4, -0.2) is 29.1 Å². The van der Waals surface area contributed by atoms with E-state index in [4.69, 9.17) is 0 Å². The van der Waals surface area contributed by atoms with Crippen LogP contribution in [0.4, 0.5) is 0 Å². The van der Waals surface area contributed by atoms with Crippen LogP contribution in [0.2, 0.25) is 0 Å². The second kappa shape index (κ2) is 3.21. The molecule has 3 rings (SSSR count). The number of carbonyl (C=O) groups excluding carboxylic acids is 1. The van der Waals surface area contributed by atoms with Gasteiger partial charge in [-0.3, -0.25) is 10.1 Å². The van der Waals surface area contributed by atoms with Gasteiger partial charge in [-0.05, 0) is 31.6 Å². The van der Waals surface area contributed by atoms with Crippen molar-refractivity contribution in [2.45, 2.75) is 57.0 Å². The Labute approximate surface area is 91.2 Å². The van der Waals surface area contributed by atoms with Crippen LogP contribution >= 0.6 is 0 Å². The minimum Gasteiger partial charge on any atom is -0.325 e. The Morgan fingerprint density at radius 3 is 2.73 bits per heavy atom. The molecule has 84 valence electrons. The lowest BCUT2D eigenvalue weighted by atomic mass is 10.1. The molecule has 3 nitrogen and oxygen atoms in total. The minimum absolute atomic E-state index is 0.100. The average Bonchev–Trinajstić information content (AvgIpc) is 3.10. The number of amides is 1. The summed E-state index contributed by atoms with van der Waals surface area (Å²) in [5, 5.41) is 3.39. The summed E-state index contributed by atoms with van der Waals surface area (Å²) in [7, 11) is 0. The molecule has 1 unspecified atom stereocenters. The van der Waals surface area contributed by atoms with Crippen LogP contribution in [0.5, 0.6) is 0 Å². The summed E-state index contributed by atoms with van der Waals surface area (Å²) in [6.07, 6.45) is 7.23. The van der Waals surface area contributed by atoms with E-state index in [1.54, 1.807) is 0 Å². The molecule has 1 saturated heterocycles. The summed E-state index contributed by atoms with van der Waals surface area (Å²) in [5.74, 6) is 1.30. The third-order valence-electron chi connectivity index (χ3n) is 4.22. The first-order valence-corrected chi connectivity index (χ1v) is 6.31. The molecule has 0 aromatic heterocycles. The van der Waals surface area contributed by atoms with Crippen LogP contribution in [0.3, 0.4) is 0 Å². The third-order valence-corrected chi connectivity index (χ3v) is 4.22. The van der Waals surface area contributed by atoms with Crippen LogP contribution in [0, 0.1) is 5.92 Å². The van der Waals surface area contributed by atoms with Gasteiger partial charge in [0.1, 0.15) is 0 Å². The average molecular weight is 208 g/mol. The number of nitrogens with one attached hydrogen (secondary N) is 1. The van der Waals surface area contributed by atoms with Crippen molar-refractivity contribution in [2.24, 2.45) is 5.92 Å². The second-order valence-corrected chi connectivity index (χ2v) is 5.43. The molecule has 15 heavy (non-hydrogen) atoms. The van der Waals surface area contributed by atoms with Gasteiger partial charge in [0.05, 0.1) is 12.2 Å². The highest BCUT2D eigenvalue weighted by Crippen LogP contribution is 2.42. The second-order valence-electron chi connectivity index (χ2n) is 5.43. The summed E-state index contributed by atoms with van der Waals surface area (Å²) in [5.41, 5.74) is -0.100. The molecule has 0 radical (unpaired) electrons. The van der Waals surface area contributed by atoms with Crippen LogP contribution in [0.15, 0.2) is 0 Å². The molecule has 3 heteroatoms. The van der Waals surface area contributed by atoms with Crippen LogP contribution in [0.25, 0.3) is 0 Å². The molecule has 1 aliphatic heterocycles. The van der Waals surface area contributed by atoms with Crippen molar-refractivity contribution in [2.75, 3.05) is 6.67 Å². The van der Waals surface area contributed by atoms with E-state index in [9.17, 15) is 4.79 Å². The maximum atomic E-state index is 12.2. The molecule has 0 bridgehead atoms. The van der Waals surface area contributed by atoms with Gasteiger partial charge in [-0.1, -0.05) is 19.8 Å². The van der Waals surface area contributed by atoms with Crippen LogP contribution in [-0.2, 0) is 4.79 Å². The van der Waals surface area contributed by atoms with E-state index in [1.807, 2.05) is 0 Å². The maximum Gasteiger partial charge on any atom is 0.244 e. The molecule has 1 atom stereocenters. The van der Waals surface area contributed by atoms with E-state index in [0.717, 1.165) is 31.8 Å². The largest absolute Gasteiger partial charge is 0.325 e. The highest BCUT2D eigenvalue weighted by atomic mass is 16.2. The number of nitrogens with zero attached hydrogens (tertiary/aromatic N) is 1. The summed E-state index contributed by atoms with van der Waals surface area (Å²) in [6, 6.07) is 0.498. The molecule has 1 N–H and O–H groups in total. The first kappa shape index (κ1) is 9.64. The lowest BCUT2D eigenvalue weighted by Crippen LogP contribution is -2.39. The Morgan fingerprint density at radius 2 is 2.27 bits per heavy atom. The minimum atomic E-state index is -0.100. The standard InChI is InChI=1S/C12H20N2O/c1-2-10(7-9-3-4-9)14-8-13-12(5-6-12)11(14)15/h9-10,13H,2-8H2,1H3. The molecule has 2 aliphatic carbocycles. The smallest absolute Gasteiger partial charge is 0.244 e. The molecule has 3 aliphatic rings. The van der Waals surface area contributed by atoms with Crippen molar-refractivity contribution >= 4 is 5.91 Å². The fourth-order valence-electron chi connectivity index (χ4n) is 2.72. The zero-order valence-electron chi connectivity index (χ0n) is 9.46. The normalized spacial score (nSPS) is 29.9. The summed E-state index contributed by atoms with van der Waals surface area (Å²) < 4.78 is 0. The Balaban J connectivity index is 1.66. The Bertz CT molecular complexity index is 281. The SMILES string of the molecule is CCC(CC1CC1)N1CNC2(CC2)C1=O. The zero-order chi connectivity index (χ0) is 10.5. The summed E-state index contributed by atoms with van der Waals surface area (Å²) in [6.45, 7) is 3.00. The van der Waals surface area contributed by atoms with Crippen molar-refractivity contribution in [1.82, 2.24) is 10.2 Å². The fourth-order valence-corrected chi connectivity index (χ4v) is 2.72. The topological polar surface area (TPSA) is 32.3 Å². The summed E-state index contributed by atoms with van der Waals surface area (Å²) in [4.78, 5) is 14.3. The molecule has 1 amide bonds. The predicted molar refractivity (Wildman–Crippen MR) is 58.2 cm³/mol. The van der Waals surface area contributed by atoms with Gasteiger partial charge >= 0.3 is 0 Å². The predicted octanol–water partition coefficient (Wildman–Crippen LogP) is 1.49. The summed E-state index contributed by atoms with van der Waals surface area (Å²) >= 11 is 0. The first-order chi connectivity index (χ1) is 7.25. The van der Waals surface area contributed by atoms with Gasteiger partial charge in [-0.15, -0.1) is 0 Å². The Kier molecular flexibility index (Phi) is 2.06. The number of carbonyl (C=O) groups is 1. The zero-order valence-corrected chi connectivity index (χ0v) is 9.46. The van der Waals surface area contributed by atoms with E-state index in [2.05, 4.69) is 17.1 Å². The van der Waals surface area contributed by atoms with Crippen LogP contribution in [0.1, 0.15) is 45.4 Å². The van der Waals surface area contributed by atoms with E-state index in [1.165, 1.54) is 19.3 Å². The fraction of sp³-hybridized carbons (Fsp3) is 0.917. The first-order valence-electron chi connectivity index (χ1n) is 6.31. The van der Waals surface area contributed by atoms with E-state index < -0.39 is 0 Å². The molecular weight excluding hydrogens is 188 g/mol. The molecule has 0 aromatic carbocycles. The monoisotopic (exact) mass is 208 g/mol. The van der Waals surface area contributed by atoms with Crippen molar-refractivity contribution in [3.8, 4) is 0 Å². The van der Waals surface area contributed by atoms with Crippen molar-refractivity contribution < 1.29 is 4.79 Å². The number of hydrogen-bond donors (Lipinski definition) is 1. The maximum absolute atomic E-state index is 12.2. The van der Waals surface area contributed by atoms with Crippen LogP contribution < -0.4 is 5.32 Å². The molecule has 1 spiro atoms. The Morgan fingerprint density at radius 1 is 1.53 bits per heavy atom. The molecule has 1 heterocycles. The highest BCUT2D eigenvalue weighted by Gasteiger charge is 2.56. The van der Waals surface area contributed by atoms with Gasteiger partial charge in [0.15, 0.2) is 0 Å². The quantitative estimate of drug-likeness (QED) is 0.759. The molecule has 2 saturated carbocycles. The van der Waals surface area contributed by atoms with Gasteiger partial charge in [0.25, 0.3) is 0 Å². The van der Waals surface area contributed by atoms with Crippen molar-refractivity contribution in [3.63, 3.8) is 0 Å². The van der Waals surface area contributed by atoms with Gasteiger partial charge in [-0.25, -0.2) is 0 Å². The van der Waals surface area contributed by atoms with Gasteiger partial charge in [-0.2, -0.15) is 0 Å². The van der Waals surface area contributed by atoms with E-state index in [0.29, 0.717) is 11.9 Å². The lowest BCUT2D eigenvalue weighted by Gasteiger charge is -2.26. The molecular formula is C12H20N2O. The van der Waals surface area contributed by atoms with Gasteiger partial charge < -0.3 is 4.90 Å². The number of rotatable bonds is 4. The molecule has 0 aromatic rings.